The number of aromatic nitrogens is 2. The molecule has 9 heteroatoms. The number of amides is 1. The van der Waals surface area contributed by atoms with Gasteiger partial charge in [-0.15, -0.1) is 12.4 Å². The van der Waals surface area contributed by atoms with E-state index in [2.05, 4.69) is 29.3 Å². The van der Waals surface area contributed by atoms with E-state index in [-0.39, 0.29) is 30.4 Å². The van der Waals surface area contributed by atoms with Crippen LogP contribution in [0, 0.1) is 12.8 Å². The smallest absolute Gasteiger partial charge is 0.349 e. The summed E-state index contributed by atoms with van der Waals surface area (Å²) < 4.78 is 10.7. The van der Waals surface area contributed by atoms with Crippen LogP contribution in [0.4, 0.5) is 0 Å². The van der Waals surface area contributed by atoms with Gasteiger partial charge in [0.05, 0.1) is 6.54 Å². The van der Waals surface area contributed by atoms with Crippen molar-refractivity contribution in [1.82, 2.24) is 20.4 Å². The molecule has 0 saturated carbocycles. The van der Waals surface area contributed by atoms with Crippen molar-refractivity contribution in [2.24, 2.45) is 5.92 Å². The lowest BCUT2D eigenvalue weighted by atomic mass is 9.94. The van der Waals surface area contributed by atoms with Crippen molar-refractivity contribution in [2.45, 2.75) is 52.5 Å². The zero-order chi connectivity index (χ0) is 20.3. The molecule has 2 aromatic heterocycles. The van der Waals surface area contributed by atoms with Crippen LogP contribution < -0.4 is 10.9 Å². The first kappa shape index (κ1) is 23.1. The van der Waals surface area contributed by atoms with Crippen LogP contribution in [0.1, 0.15) is 66.0 Å². The van der Waals surface area contributed by atoms with Gasteiger partial charge in [-0.25, -0.2) is 4.79 Å². The number of nitrogens with one attached hydrogen (secondary N) is 1. The fraction of sp³-hybridized carbons (Fsp3) is 0.600. The molecule has 1 aliphatic rings. The highest BCUT2D eigenvalue weighted by molar-refractivity contribution is 5.94. The standard InChI is InChI=1S/C20H28N4O4.ClH/c1-12(2)9-16-22-17(28-23-16)11-24(4)19(25)18-13(3)10-15(27-20(18)26)14-5-7-21-8-6-14;/h10,12,14,21H,5-9,11H2,1-4H3;1H. The van der Waals surface area contributed by atoms with E-state index in [1.54, 1.807) is 14.0 Å². The molecular weight excluding hydrogens is 396 g/mol. The molecule has 0 aromatic carbocycles. The van der Waals surface area contributed by atoms with Crippen molar-refractivity contribution in [3.05, 3.63) is 45.1 Å². The van der Waals surface area contributed by atoms with Crippen molar-refractivity contribution in [2.75, 3.05) is 20.1 Å². The summed E-state index contributed by atoms with van der Waals surface area (Å²) in [6.07, 6.45) is 2.55. The second kappa shape index (κ2) is 10.0. The summed E-state index contributed by atoms with van der Waals surface area (Å²) in [5.41, 5.74) is 0.103. The second-order valence-electron chi connectivity index (χ2n) is 7.88. The van der Waals surface area contributed by atoms with Crippen molar-refractivity contribution < 1.29 is 13.7 Å². The maximum atomic E-state index is 12.8. The third-order valence-corrected chi connectivity index (χ3v) is 4.94. The molecule has 0 spiro atoms. The van der Waals surface area contributed by atoms with Crippen LogP contribution in [0.25, 0.3) is 0 Å². The van der Waals surface area contributed by atoms with Gasteiger partial charge in [-0.1, -0.05) is 19.0 Å². The van der Waals surface area contributed by atoms with Crippen molar-refractivity contribution in [3.63, 3.8) is 0 Å². The van der Waals surface area contributed by atoms with E-state index in [0.717, 1.165) is 25.9 Å². The molecule has 0 atom stereocenters. The molecule has 2 aromatic rings. The molecule has 1 N–H and O–H groups in total. The summed E-state index contributed by atoms with van der Waals surface area (Å²) in [5.74, 6) is 1.85. The van der Waals surface area contributed by atoms with E-state index in [1.165, 1.54) is 4.90 Å². The Bertz CT molecular complexity index is 887. The van der Waals surface area contributed by atoms with E-state index in [4.69, 9.17) is 8.94 Å². The Morgan fingerprint density at radius 2 is 2.03 bits per heavy atom. The minimum atomic E-state index is -0.587. The molecule has 1 amide bonds. The Morgan fingerprint density at radius 1 is 1.34 bits per heavy atom. The van der Waals surface area contributed by atoms with Gasteiger partial charge in [0.1, 0.15) is 11.3 Å². The van der Waals surface area contributed by atoms with Crippen LogP contribution in [0.5, 0.6) is 0 Å². The molecule has 160 valence electrons. The Labute approximate surface area is 176 Å². The maximum absolute atomic E-state index is 12.8. The molecular formula is C20H29ClN4O4. The average molecular weight is 425 g/mol. The van der Waals surface area contributed by atoms with Gasteiger partial charge in [0, 0.05) is 19.4 Å². The van der Waals surface area contributed by atoms with E-state index in [0.29, 0.717) is 35.4 Å². The van der Waals surface area contributed by atoms with Gasteiger partial charge in [0.15, 0.2) is 5.82 Å². The Hall–Kier alpha value is -2.19. The maximum Gasteiger partial charge on any atom is 0.349 e. The Kier molecular flexibility index (Phi) is 7.98. The predicted molar refractivity (Wildman–Crippen MR) is 110 cm³/mol. The summed E-state index contributed by atoms with van der Waals surface area (Å²) in [6.45, 7) is 7.86. The van der Waals surface area contributed by atoms with E-state index in [9.17, 15) is 9.59 Å². The van der Waals surface area contributed by atoms with Gasteiger partial charge in [0.2, 0.25) is 5.89 Å². The highest BCUT2D eigenvalue weighted by atomic mass is 35.5. The first-order valence-electron chi connectivity index (χ1n) is 9.77. The SMILES string of the molecule is Cc1cc(C2CCNCC2)oc(=O)c1C(=O)N(C)Cc1nc(CC(C)C)no1.Cl. The number of rotatable bonds is 6. The fourth-order valence-corrected chi connectivity index (χ4v) is 3.47. The monoisotopic (exact) mass is 424 g/mol. The van der Waals surface area contributed by atoms with E-state index < -0.39 is 11.5 Å². The van der Waals surface area contributed by atoms with Crippen LogP contribution in [0.2, 0.25) is 0 Å². The lowest BCUT2D eigenvalue weighted by Crippen LogP contribution is -2.32. The van der Waals surface area contributed by atoms with Crippen LogP contribution in [-0.2, 0) is 13.0 Å². The largest absolute Gasteiger partial charge is 0.427 e. The van der Waals surface area contributed by atoms with Gasteiger partial charge < -0.3 is 19.2 Å². The highest BCUT2D eigenvalue weighted by Gasteiger charge is 2.25. The molecule has 1 saturated heterocycles. The molecule has 0 unspecified atom stereocenters. The predicted octanol–water partition coefficient (Wildman–Crippen LogP) is 2.69. The third-order valence-electron chi connectivity index (χ3n) is 4.94. The summed E-state index contributed by atoms with van der Waals surface area (Å²) in [4.78, 5) is 31.1. The minimum absolute atomic E-state index is 0. The zero-order valence-corrected chi connectivity index (χ0v) is 18.2. The van der Waals surface area contributed by atoms with Crippen molar-refractivity contribution in [1.29, 1.82) is 0 Å². The number of halogens is 1. The summed E-state index contributed by atoms with van der Waals surface area (Å²) >= 11 is 0. The van der Waals surface area contributed by atoms with Crippen molar-refractivity contribution >= 4 is 18.3 Å². The van der Waals surface area contributed by atoms with Gasteiger partial charge >= 0.3 is 5.63 Å². The molecule has 3 rings (SSSR count). The van der Waals surface area contributed by atoms with Gasteiger partial charge in [-0.2, -0.15) is 4.98 Å². The Balaban J connectivity index is 0.00000300. The van der Waals surface area contributed by atoms with Crippen LogP contribution in [0.15, 0.2) is 19.8 Å². The fourth-order valence-electron chi connectivity index (χ4n) is 3.47. The topological polar surface area (TPSA) is 101 Å². The molecule has 0 radical (unpaired) electrons. The molecule has 0 bridgehead atoms. The van der Waals surface area contributed by atoms with Gasteiger partial charge in [-0.3, -0.25) is 4.79 Å². The average Bonchev–Trinajstić information content (AvgIpc) is 3.07. The summed E-state index contributed by atoms with van der Waals surface area (Å²) in [5, 5.41) is 7.22. The van der Waals surface area contributed by atoms with Crippen LogP contribution >= 0.6 is 12.4 Å². The first-order chi connectivity index (χ1) is 13.3. The van der Waals surface area contributed by atoms with E-state index in [1.807, 2.05) is 6.07 Å². The molecule has 3 heterocycles. The lowest BCUT2D eigenvalue weighted by Gasteiger charge is -2.22. The van der Waals surface area contributed by atoms with E-state index >= 15 is 0 Å². The number of hydrogen-bond acceptors (Lipinski definition) is 7. The number of carbonyl (C=O) groups excluding carboxylic acids is 1. The number of piperidine rings is 1. The number of carbonyl (C=O) groups is 1. The summed E-state index contributed by atoms with van der Waals surface area (Å²) in [6, 6.07) is 1.83. The molecule has 0 aliphatic carbocycles. The van der Waals surface area contributed by atoms with Crippen LogP contribution in [-0.4, -0.2) is 41.1 Å². The summed E-state index contributed by atoms with van der Waals surface area (Å²) in [7, 11) is 1.61. The minimum Gasteiger partial charge on any atom is -0.427 e. The van der Waals surface area contributed by atoms with Gasteiger partial charge in [-0.05, 0) is 50.4 Å². The highest BCUT2D eigenvalue weighted by Crippen LogP contribution is 2.25. The third kappa shape index (κ3) is 5.67. The Morgan fingerprint density at radius 3 is 2.66 bits per heavy atom. The lowest BCUT2D eigenvalue weighted by molar-refractivity contribution is 0.0763. The molecule has 8 nitrogen and oxygen atoms in total. The zero-order valence-electron chi connectivity index (χ0n) is 17.4. The van der Waals surface area contributed by atoms with Crippen LogP contribution in [0.3, 0.4) is 0 Å². The quantitative estimate of drug-likeness (QED) is 0.760. The van der Waals surface area contributed by atoms with Gasteiger partial charge in [0.25, 0.3) is 5.91 Å². The molecule has 1 fully saturated rings. The van der Waals surface area contributed by atoms with Crippen molar-refractivity contribution in [3.8, 4) is 0 Å². The second-order valence-corrected chi connectivity index (χ2v) is 7.88. The normalized spacial score (nSPS) is 14.7. The molecule has 29 heavy (non-hydrogen) atoms. The number of hydrogen-bond donors (Lipinski definition) is 1. The first-order valence-corrected chi connectivity index (χ1v) is 9.77. The number of nitrogens with zero attached hydrogens (tertiary/aromatic N) is 3. The number of aryl methyl sites for hydroxylation is 1. The molecule has 1 aliphatic heterocycles.